The number of carbonyl (C=O) groups excluding carboxylic acids is 1. The van der Waals surface area contributed by atoms with E-state index in [0.29, 0.717) is 6.42 Å². The normalized spacial score (nSPS) is 14.3. The average Bonchev–Trinajstić information content (AvgIpc) is 2.30. The van der Waals surface area contributed by atoms with Crippen LogP contribution in [0.15, 0.2) is 24.3 Å². The summed E-state index contributed by atoms with van der Waals surface area (Å²) in [7, 11) is 1.59. The largest absolute Gasteiger partial charge is 0.497 e. The molecule has 1 rings (SSSR count). The van der Waals surface area contributed by atoms with Crippen molar-refractivity contribution < 1.29 is 14.6 Å². The molecule has 0 saturated carbocycles. The zero-order chi connectivity index (χ0) is 11.3. The minimum absolute atomic E-state index is 0.335. The second-order valence-electron chi connectivity index (χ2n) is 3.43. The fraction of sp³-hybridized carbons (Fsp3) is 0.417. The first-order chi connectivity index (χ1) is 7.22. The van der Waals surface area contributed by atoms with Gasteiger partial charge in [0.15, 0.2) is 0 Å². The molecule has 0 unspecified atom stereocenters. The third-order valence-electron chi connectivity index (χ3n) is 2.51. The van der Waals surface area contributed by atoms with Crippen LogP contribution in [0.3, 0.4) is 0 Å². The fourth-order valence-corrected chi connectivity index (χ4v) is 1.44. The Morgan fingerprint density at radius 2 is 2.00 bits per heavy atom. The summed E-state index contributed by atoms with van der Waals surface area (Å²) in [4.78, 5) is 10.7. The van der Waals surface area contributed by atoms with Crippen LogP contribution in [-0.2, 0) is 4.79 Å². The van der Waals surface area contributed by atoms with E-state index in [9.17, 15) is 9.90 Å². The zero-order valence-electron chi connectivity index (χ0n) is 9.01. The van der Waals surface area contributed by atoms with Crippen LogP contribution in [0.25, 0.3) is 0 Å². The highest BCUT2D eigenvalue weighted by Gasteiger charge is 2.18. The van der Waals surface area contributed by atoms with Gasteiger partial charge in [-0.2, -0.15) is 0 Å². The molecule has 2 atom stereocenters. The predicted molar refractivity (Wildman–Crippen MR) is 57.8 cm³/mol. The Labute approximate surface area is 89.7 Å². The monoisotopic (exact) mass is 208 g/mol. The Kier molecular flexibility index (Phi) is 4.31. The van der Waals surface area contributed by atoms with E-state index in [1.807, 2.05) is 6.92 Å². The Balaban J connectivity index is 2.81. The van der Waals surface area contributed by atoms with Crippen LogP contribution in [0.5, 0.6) is 5.75 Å². The maximum absolute atomic E-state index is 10.7. The second kappa shape index (κ2) is 5.51. The first kappa shape index (κ1) is 11.7. The molecule has 0 aliphatic heterocycles. The molecular weight excluding hydrogens is 192 g/mol. The van der Waals surface area contributed by atoms with Crippen molar-refractivity contribution >= 4 is 6.29 Å². The smallest absolute Gasteiger partial charge is 0.125 e. The fourth-order valence-electron chi connectivity index (χ4n) is 1.44. The second-order valence-corrected chi connectivity index (χ2v) is 3.43. The van der Waals surface area contributed by atoms with Crippen LogP contribution in [0.1, 0.15) is 25.0 Å². The summed E-state index contributed by atoms with van der Waals surface area (Å²) in [6.45, 7) is 1.88. The minimum Gasteiger partial charge on any atom is -0.497 e. The minimum atomic E-state index is -0.724. The van der Waals surface area contributed by atoms with Crippen molar-refractivity contribution in [2.75, 3.05) is 7.11 Å². The summed E-state index contributed by atoms with van der Waals surface area (Å²) in [5.74, 6) is 0.406. The molecule has 3 nitrogen and oxygen atoms in total. The van der Waals surface area contributed by atoms with Crippen LogP contribution < -0.4 is 4.74 Å². The Morgan fingerprint density at radius 3 is 2.40 bits per heavy atom. The molecular formula is C12H16O3. The van der Waals surface area contributed by atoms with Crippen molar-refractivity contribution in [2.45, 2.75) is 19.4 Å². The molecule has 1 aromatic rings. The number of rotatable bonds is 5. The third-order valence-corrected chi connectivity index (χ3v) is 2.51. The molecule has 0 aliphatic carbocycles. The van der Waals surface area contributed by atoms with Gasteiger partial charge in [-0.1, -0.05) is 19.1 Å². The molecule has 0 aliphatic rings. The lowest BCUT2D eigenvalue weighted by atomic mass is 9.95. The van der Waals surface area contributed by atoms with E-state index in [2.05, 4.69) is 0 Å². The van der Waals surface area contributed by atoms with Gasteiger partial charge in [0.2, 0.25) is 0 Å². The van der Waals surface area contributed by atoms with E-state index in [-0.39, 0.29) is 5.92 Å². The highest BCUT2D eigenvalue weighted by atomic mass is 16.5. The van der Waals surface area contributed by atoms with E-state index < -0.39 is 6.10 Å². The number of methoxy groups -OCH3 is 1. The van der Waals surface area contributed by atoms with Crippen LogP contribution in [0, 0.1) is 5.92 Å². The quantitative estimate of drug-likeness (QED) is 0.752. The first-order valence-electron chi connectivity index (χ1n) is 5.00. The summed E-state index contributed by atoms with van der Waals surface area (Å²) in [5, 5.41) is 9.87. The van der Waals surface area contributed by atoms with Gasteiger partial charge < -0.3 is 14.6 Å². The molecule has 0 heterocycles. The van der Waals surface area contributed by atoms with Gasteiger partial charge in [0.05, 0.1) is 13.2 Å². The number of benzene rings is 1. The molecule has 0 aromatic heterocycles. The molecule has 1 aromatic carbocycles. The lowest BCUT2D eigenvalue weighted by Crippen LogP contribution is -2.12. The number of hydrogen-bond donors (Lipinski definition) is 1. The van der Waals surface area contributed by atoms with E-state index in [0.717, 1.165) is 17.6 Å². The highest BCUT2D eigenvalue weighted by molar-refractivity contribution is 5.55. The lowest BCUT2D eigenvalue weighted by molar-refractivity contribution is -0.114. The van der Waals surface area contributed by atoms with Gasteiger partial charge in [-0.25, -0.2) is 0 Å². The van der Waals surface area contributed by atoms with Gasteiger partial charge in [0.1, 0.15) is 12.0 Å². The van der Waals surface area contributed by atoms with Gasteiger partial charge in [-0.05, 0) is 24.1 Å². The van der Waals surface area contributed by atoms with Crippen LogP contribution in [0.4, 0.5) is 0 Å². The van der Waals surface area contributed by atoms with Crippen molar-refractivity contribution in [3.63, 3.8) is 0 Å². The topological polar surface area (TPSA) is 46.5 Å². The third kappa shape index (κ3) is 2.80. The van der Waals surface area contributed by atoms with Crippen molar-refractivity contribution in [1.82, 2.24) is 0 Å². The average molecular weight is 208 g/mol. The lowest BCUT2D eigenvalue weighted by Gasteiger charge is -2.16. The van der Waals surface area contributed by atoms with Crippen LogP contribution in [-0.4, -0.2) is 18.5 Å². The summed E-state index contributed by atoms with van der Waals surface area (Å²) in [6.07, 6.45) is 0.712. The van der Waals surface area contributed by atoms with Crippen LogP contribution in [0.2, 0.25) is 0 Å². The maximum Gasteiger partial charge on any atom is 0.125 e. The van der Waals surface area contributed by atoms with Gasteiger partial charge >= 0.3 is 0 Å². The van der Waals surface area contributed by atoms with Gasteiger partial charge in [0, 0.05) is 5.92 Å². The predicted octanol–water partition coefficient (Wildman–Crippen LogP) is 1.95. The van der Waals surface area contributed by atoms with E-state index >= 15 is 0 Å². The van der Waals surface area contributed by atoms with Crippen LogP contribution >= 0.6 is 0 Å². The van der Waals surface area contributed by atoms with E-state index in [4.69, 9.17) is 4.74 Å². The van der Waals surface area contributed by atoms with Gasteiger partial charge in [-0.15, -0.1) is 0 Å². The van der Waals surface area contributed by atoms with Gasteiger partial charge in [-0.3, -0.25) is 0 Å². The van der Waals surface area contributed by atoms with Gasteiger partial charge in [0.25, 0.3) is 0 Å². The molecule has 0 spiro atoms. The maximum atomic E-state index is 10.7. The van der Waals surface area contributed by atoms with E-state index in [1.54, 1.807) is 31.4 Å². The number of aliphatic hydroxyl groups is 1. The SMILES string of the molecule is CC[C@H](C=O)[C@H](O)c1ccc(OC)cc1. The molecule has 0 bridgehead atoms. The molecule has 0 fully saturated rings. The molecule has 0 amide bonds. The number of ether oxygens (including phenoxy) is 1. The van der Waals surface area contributed by atoms with Crippen molar-refractivity contribution in [3.8, 4) is 5.75 Å². The molecule has 0 radical (unpaired) electrons. The Hall–Kier alpha value is -1.35. The molecule has 15 heavy (non-hydrogen) atoms. The molecule has 82 valence electrons. The molecule has 0 saturated heterocycles. The number of carbonyl (C=O) groups is 1. The summed E-state index contributed by atoms with van der Waals surface area (Å²) in [6, 6.07) is 7.09. The number of hydrogen-bond acceptors (Lipinski definition) is 3. The van der Waals surface area contributed by atoms with E-state index in [1.165, 1.54) is 0 Å². The van der Waals surface area contributed by atoms with Crippen molar-refractivity contribution in [1.29, 1.82) is 0 Å². The summed E-state index contributed by atoms with van der Waals surface area (Å²) < 4.78 is 5.01. The first-order valence-corrected chi connectivity index (χ1v) is 5.00. The number of aliphatic hydroxyl groups excluding tert-OH is 1. The standard InChI is InChI=1S/C12H16O3/c1-3-9(8-13)12(14)10-4-6-11(15-2)7-5-10/h4-9,12,14H,3H2,1-2H3/t9-,12+/m1/s1. The summed E-state index contributed by atoms with van der Waals surface area (Å²) in [5.41, 5.74) is 0.745. The Morgan fingerprint density at radius 1 is 1.40 bits per heavy atom. The van der Waals surface area contributed by atoms with Crippen molar-refractivity contribution in [3.05, 3.63) is 29.8 Å². The Bertz CT molecular complexity index is 305. The zero-order valence-corrected chi connectivity index (χ0v) is 9.01. The molecule has 3 heteroatoms. The van der Waals surface area contributed by atoms with Crippen molar-refractivity contribution in [2.24, 2.45) is 5.92 Å². The number of aldehydes is 1. The highest BCUT2D eigenvalue weighted by Crippen LogP contribution is 2.24. The molecule has 1 N–H and O–H groups in total. The summed E-state index contributed by atoms with van der Waals surface area (Å²) >= 11 is 0.